The summed E-state index contributed by atoms with van der Waals surface area (Å²) in [6.45, 7) is 3.51. The Balaban J connectivity index is 2.13. The molecule has 7 nitrogen and oxygen atoms in total. The van der Waals surface area contributed by atoms with Crippen LogP contribution in [-0.2, 0) is 32.4 Å². The molecule has 0 fully saturated rings. The minimum Gasteiger partial charge on any atom is -0.452 e. The SMILES string of the molecule is CCc1cccc(CC)c1NC(=O)COC(=O)c1ccc(Br)c(S(=O)(=O)N(C)C)c1. The van der Waals surface area contributed by atoms with E-state index in [2.05, 4.69) is 21.2 Å². The number of rotatable bonds is 8. The average Bonchev–Trinajstić information content (AvgIpc) is 2.72. The van der Waals surface area contributed by atoms with Gasteiger partial charge in [0.1, 0.15) is 0 Å². The number of aryl methyl sites for hydroxylation is 2. The first kappa shape index (κ1) is 24.0. The molecule has 0 unspecified atom stereocenters. The highest BCUT2D eigenvalue weighted by atomic mass is 79.9. The first-order valence-electron chi connectivity index (χ1n) is 9.41. The van der Waals surface area contributed by atoms with E-state index < -0.39 is 28.5 Å². The van der Waals surface area contributed by atoms with Crippen molar-refractivity contribution < 1.29 is 22.7 Å². The van der Waals surface area contributed by atoms with Gasteiger partial charge in [-0.15, -0.1) is 0 Å². The molecule has 2 rings (SSSR count). The second kappa shape index (κ2) is 10.2. The van der Waals surface area contributed by atoms with Crippen molar-refractivity contribution in [3.63, 3.8) is 0 Å². The van der Waals surface area contributed by atoms with Gasteiger partial charge < -0.3 is 10.1 Å². The molecule has 0 heterocycles. The fourth-order valence-electron chi connectivity index (χ4n) is 2.82. The van der Waals surface area contributed by atoms with Gasteiger partial charge in [0.15, 0.2) is 6.61 Å². The Labute approximate surface area is 185 Å². The minimum atomic E-state index is -3.75. The second-order valence-electron chi connectivity index (χ2n) is 6.72. The van der Waals surface area contributed by atoms with Crippen molar-refractivity contribution in [3.8, 4) is 0 Å². The summed E-state index contributed by atoms with van der Waals surface area (Å²) in [7, 11) is -0.954. The molecule has 30 heavy (non-hydrogen) atoms. The van der Waals surface area contributed by atoms with E-state index in [4.69, 9.17) is 4.74 Å². The lowest BCUT2D eigenvalue weighted by Crippen LogP contribution is -2.24. The van der Waals surface area contributed by atoms with Crippen LogP contribution in [-0.4, -0.2) is 45.3 Å². The van der Waals surface area contributed by atoms with Crippen LogP contribution in [0.3, 0.4) is 0 Å². The monoisotopic (exact) mass is 496 g/mol. The molecular weight excluding hydrogens is 472 g/mol. The van der Waals surface area contributed by atoms with Crippen molar-refractivity contribution in [2.45, 2.75) is 31.6 Å². The van der Waals surface area contributed by atoms with E-state index in [1.54, 1.807) is 0 Å². The summed E-state index contributed by atoms with van der Waals surface area (Å²) in [5, 5.41) is 2.82. The van der Waals surface area contributed by atoms with Crippen molar-refractivity contribution in [2.75, 3.05) is 26.0 Å². The predicted octanol–water partition coefficient (Wildman–Crippen LogP) is 3.62. The molecule has 9 heteroatoms. The van der Waals surface area contributed by atoms with Crippen LogP contribution in [0.4, 0.5) is 5.69 Å². The zero-order valence-electron chi connectivity index (χ0n) is 17.4. The van der Waals surface area contributed by atoms with Gasteiger partial charge in [0.25, 0.3) is 5.91 Å². The molecule has 1 N–H and O–H groups in total. The average molecular weight is 497 g/mol. The third kappa shape index (κ3) is 5.47. The van der Waals surface area contributed by atoms with Crippen LogP contribution in [0.25, 0.3) is 0 Å². The molecule has 0 saturated carbocycles. The number of nitrogens with one attached hydrogen (secondary N) is 1. The van der Waals surface area contributed by atoms with E-state index in [1.165, 1.54) is 32.3 Å². The lowest BCUT2D eigenvalue weighted by atomic mass is 10.0. The van der Waals surface area contributed by atoms with E-state index in [-0.39, 0.29) is 10.5 Å². The van der Waals surface area contributed by atoms with Crippen LogP contribution in [0.15, 0.2) is 45.8 Å². The number of amides is 1. The number of sulfonamides is 1. The number of carbonyl (C=O) groups is 2. The van der Waals surface area contributed by atoms with E-state index in [9.17, 15) is 18.0 Å². The topological polar surface area (TPSA) is 92.8 Å². The fourth-order valence-corrected chi connectivity index (χ4v) is 4.66. The highest BCUT2D eigenvalue weighted by Gasteiger charge is 2.23. The van der Waals surface area contributed by atoms with E-state index in [0.29, 0.717) is 4.47 Å². The number of hydrogen-bond acceptors (Lipinski definition) is 5. The molecular formula is C21H25BrN2O5S. The van der Waals surface area contributed by atoms with Gasteiger partial charge in [-0.2, -0.15) is 0 Å². The molecule has 0 aliphatic heterocycles. The zero-order valence-corrected chi connectivity index (χ0v) is 19.8. The van der Waals surface area contributed by atoms with Crippen LogP contribution in [0.1, 0.15) is 35.3 Å². The Morgan fingerprint density at radius 1 is 1.07 bits per heavy atom. The largest absolute Gasteiger partial charge is 0.452 e. The lowest BCUT2D eigenvalue weighted by molar-refractivity contribution is -0.119. The van der Waals surface area contributed by atoms with Crippen molar-refractivity contribution in [1.82, 2.24) is 4.31 Å². The highest BCUT2D eigenvalue weighted by molar-refractivity contribution is 9.10. The lowest BCUT2D eigenvalue weighted by Gasteiger charge is -2.15. The molecule has 0 bridgehead atoms. The Bertz CT molecular complexity index is 1030. The number of anilines is 1. The van der Waals surface area contributed by atoms with Crippen LogP contribution in [0.2, 0.25) is 0 Å². The number of esters is 1. The normalized spacial score (nSPS) is 11.4. The first-order chi connectivity index (χ1) is 14.1. The van der Waals surface area contributed by atoms with E-state index in [0.717, 1.165) is 34.0 Å². The standard InChI is InChI=1S/C21H25BrN2O5S/c1-5-14-8-7-9-15(6-2)20(14)23-19(25)13-29-21(26)16-10-11-17(22)18(12-16)30(27,28)24(3)4/h7-12H,5-6,13H2,1-4H3,(H,23,25). The van der Waals surface area contributed by atoms with Gasteiger partial charge in [0.2, 0.25) is 10.0 Å². The van der Waals surface area contributed by atoms with Gasteiger partial charge in [-0.1, -0.05) is 32.0 Å². The van der Waals surface area contributed by atoms with Crippen LogP contribution in [0.5, 0.6) is 0 Å². The van der Waals surface area contributed by atoms with Crippen molar-refractivity contribution in [1.29, 1.82) is 0 Å². The highest BCUT2D eigenvalue weighted by Crippen LogP contribution is 2.26. The molecule has 0 radical (unpaired) electrons. The van der Waals surface area contributed by atoms with Crippen molar-refractivity contribution in [2.24, 2.45) is 0 Å². The third-order valence-electron chi connectivity index (χ3n) is 4.52. The summed E-state index contributed by atoms with van der Waals surface area (Å²) < 4.78 is 31.3. The number of ether oxygens (including phenoxy) is 1. The molecule has 1 amide bonds. The second-order valence-corrected chi connectivity index (χ2v) is 9.69. The molecule has 0 aliphatic carbocycles. The maximum absolute atomic E-state index is 12.4. The summed E-state index contributed by atoms with van der Waals surface area (Å²) in [6.07, 6.45) is 1.51. The van der Waals surface area contributed by atoms with Gasteiger partial charge in [-0.3, -0.25) is 4.79 Å². The molecule has 0 saturated heterocycles. The quantitative estimate of drug-likeness (QED) is 0.563. The zero-order chi connectivity index (χ0) is 22.5. The van der Waals surface area contributed by atoms with E-state index in [1.807, 2.05) is 32.0 Å². The van der Waals surface area contributed by atoms with Gasteiger partial charge in [-0.25, -0.2) is 17.5 Å². The summed E-state index contributed by atoms with van der Waals surface area (Å²) in [5.74, 6) is -1.25. The van der Waals surface area contributed by atoms with Crippen LogP contribution >= 0.6 is 15.9 Å². The predicted molar refractivity (Wildman–Crippen MR) is 119 cm³/mol. The van der Waals surface area contributed by atoms with Gasteiger partial charge in [-0.05, 0) is 58.1 Å². The number of nitrogens with zero attached hydrogens (tertiary/aromatic N) is 1. The molecule has 0 spiro atoms. The first-order valence-corrected chi connectivity index (χ1v) is 11.6. The van der Waals surface area contributed by atoms with Crippen LogP contribution in [0, 0.1) is 0 Å². The van der Waals surface area contributed by atoms with Crippen molar-refractivity contribution >= 4 is 43.5 Å². The molecule has 0 aromatic heterocycles. The Hall–Kier alpha value is -2.23. The fraction of sp³-hybridized carbons (Fsp3) is 0.333. The Kier molecular flexibility index (Phi) is 8.17. The third-order valence-corrected chi connectivity index (χ3v) is 7.33. The minimum absolute atomic E-state index is 0.0367. The Morgan fingerprint density at radius 3 is 2.20 bits per heavy atom. The number of benzene rings is 2. The van der Waals surface area contributed by atoms with Gasteiger partial charge >= 0.3 is 5.97 Å². The molecule has 0 atom stereocenters. The number of hydrogen-bond donors (Lipinski definition) is 1. The van der Waals surface area contributed by atoms with Crippen molar-refractivity contribution in [3.05, 3.63) is 57.6 Å². The maximum atomic E-state index is 12.4. The molecule has 2 aromatic rings. The summed E-state index contributed by atoms with van der Waals surface area (Å²) >= 11 is 3.19. The number of halogens is 1. The molecule has 0 aliphatic rings. The summed E-state index contributed by atoms with van der Waals surface area (Å²) in [4.78, 5) is 24.7. The number of carbonyl (C=O) groups excluding carboxylic acids is 2. The van der Waals surface area contributed by atoms with E-state index >= 15 is 0 Å². The summed E-state index contributed by atoms with van der Waals surface area (Å²) in [5.41, 5.74) is 2.78. The molecule has 162 valence electrons. The maximum Gasteiger partial charge on any atom is 0.338 e. The Morgan fingerprint density at radius 2 is 1.67 bits per heavy atom. The van der Waals surface area contributed by atoms with Crippen LogP contribution < -0.4 is 5.32 Å². The summed E-state index contributed by atoms with van der Waals surface area (Å²) in [6, 6.07) is 9.94. The number of para-hydroxylation sites is 1. The smallest absolute Gasteiger partial charge is 0.338 e. The molecule has 2 aromatic carbocycles. The van der Waals surface area contributed by atoms with Gasteiger partial charge in [0.05, 0.1) is 10.5 Å². The van der Waals surface area contributed by atoms with Gasteiger partial charge in [0, 0.05) is 24.3 Å².